The van der Waals surface area contributed by atoms with Crippen molar-refractivity contribution in [3.8, 4) is 0 Å². The van der Waals surface area contributed by atoms with Gasteiger partial charge in [-0.3, -0.25) is 19.7 Å². The zero-order valence-corrected chi connectivity index (χ0v) is 12.5. The maximum absolute atomic E-state index is 13.6. The number of nitrogens with one attached hydrogen (secondary N) is 1. The number of nitro groups is 1. The van der Waals surface area contributed by atoms with Gasteiger partial charge in [-0.1, -0.05) is 24.3 Å². The first-order valence-corrected chi connectivity index (χ1v) is 7.09. The first-order valence-electron chi connectivity index (χ1n) is 7.09. The van der Waals surface area contributed by atoms with Crippen molar-refractivity contribution in [2.75, 3.05) is 5.32 Å². The predicted octanol–water partition coefficient (Wildman–Crippen LogP) is 2.65. The fraction of sp³-hybridized carbons (Fsp3) is 0.125. The van der Waals surface area contributed by atoms with E-state index >= 15 is 0 Å². The van der Waals surface area contributed by atoms with E-state index in [0.717, 1.165) is 12.1 Å². The smallest absolute Gasteiger partial charge is 0.311 e. The Morgan fingerprint density at radius 1 is 1.20 bits per heavy atom. The average molecular weight is 348 g/mol. The Morgan fingerprint density at radius 3 is 2.60 bits per heavy atom. The Labute approximate surface area is 139 Å². The van der Waals surface area contributed by atoms with E-state index < -0.39 is 46.6 Å². The molecular formula is C16H10F2N2O5. The summed E-state index contributed by atoms with van der Waals surface area (Å²) >= 11 is 0. The Balaban J connectivity index is 1.81. The number of esters is 1. The second kappa shape index (κ2) is 6.27. The molecule has 0 saturated heterocycles. The Hall–Kier alpha value is -3.36. The van der Waals surface area contributed by atoms with Gasteiger partial charge in [0.25, 0.3) is 5.91 Å². The molecule has 0 aliphatic carbocycles. The lowest BCUT2D eigenvalue weighted by molar-refractivity contribution is -0.388. The number of carbonyl (C=O) groups excluding carboxylic acids is 2. The SMILES string of the molecule is O=C(Cc1cccc(F)c1[N+](=O)[O-])OC1C(=O)Nc2c(F)cccc21. The summed E-state index contributed by atoms with van der Waals surface area (Å²) in [6.45, 7) is 0. The van der Waals surface area contributed by atoms with Gasteiger partial charge in [0.1, 0.15) is 5.82 Å². The van der Waals surface area contributed by atoms with Crippen LogP contribution in [0.4, 0.5) is 20.2 Å². The molecule has 2 aromatic rings. The molecule has 1 amide bonds. The van der Waals surface area contributed by atoms with Crippen molar-refractivity contribution in [1.82, 2.24) is 0 Å². The van der Waals surface area contributed by atoms with Crippen LogP contribution < -0.4 is 5.32 Å². The molecule has 3 rings (SSSR count). The first kappa shape index (κ1) is 16.5. The largest absolute Gasteiger partial charge is 0.447 e. The van der Waals surface area contributed by atoms with Gasteiger partial charge < -0.3 is 10.1 Å². The maximum Gasteiger partial charge on any atom is 0.311 e. The normalized spacial score (nSPS) is 15.4. The molecule has 0 bridgehead atoms. The Bertz CT molecular complexity index is 900. The molecule has 25 heavy (non-hydrogen) atoms. The highest BCUT2D eigenvalue weighted by atomic mass is 19.1. The minimum atomic E-state index is -1.37. The molecule has 0 fully saturated rings. The van der Waals surface area contributed by atoms with Gasteiger partial charge in [-0.2, -0.15) is 4.39 Å². The molecule has 0 aromatic heterocycles. The number of fused-ring (bicyclic) bond motifs is 1. The van der Waals surface area contributed by atoms with Crippen molar-refractivity contribution < 1.29 is 28.0 Å². The van der Waals surface area contributed by atoms with E-state index in [1.807, 2.05) is 0 Å². The average Bonchev–Trinajstić information content (AvgIpc) is 2.85. The monoisotopic (exact) mass is 348 g/mol. The maximum atomic E-state index is 13.6. The molecule has 0 saturated carbocycles. The van der Waals surface area contributed by atoms with Crippen molar-refractivity contribution in [1.29, 1.82) is 0 Å². The number of amides is 1. The van der Waals surface area contributed by atoms with Gasteiger partial charge in [0.2, 0.25) is 11.9 Å². The molecule has 0 spiro atoms. The lowest BCUT2D eigenvalue weighted by atomic mass is 10.1. The van der Waals surface area contributed by atoms with Crippen molar-refractivity contribution in [3.05, 3.63) is 69.3 Å². The Kier molecular flexibility index (Phi) is 4.14. The number of rotatable bonds is 4. The lowest BCUT2D eigenvalue weighted by Crippen LogP contribution is -2.20. The van der Waals surface area contributed by atoms with Crippen LogP contribution in [0, 0.1) is 21.7 Å². The molecule has 1 unspecified atom stereocenters. The third-order valence-corrected chi connectivity index (χ3v) is 3.65. The van der Waals surface area contributed by atoms with Gasteiger partial charge in [-0.15, -0.1) is 0 Å². The molecule has 128 valence electrons. The number of carbonyl (C=O) groups is 2. The molecule has 1 N–H and O–H groups in total. The highest BCUT2D eigenvalue weighted by Crippen LogP contribution is 2.35. The summed E-state index contributed by atoms with van der Waals surface area (Å²) in [5, 5.41) is 13.2. The highest BCUT2D eigenvalue weighted by Gasteiger charge is 2.36. The van der Waals surface area contributed by atoms with E-state index in [4.69, 9.17) is 4.74 Å². The number of nitrogens with zero attached hydrogens (tertiary/aromatic N) is 1. The first-order chi connectivity index (χ1) is 11.9. The summed E-state index contributed by atoms with van der Waals surface area (Å²) in [6.07, 6.45) is -1.98. The van der Waals surface area contributed by atoms with E-state index in [9.17, 15) is 28.5 Å². The second-order valence-corrected chi connectivity index (χ2v) is 5.24. The summed E-state index contributed by atoms with van der Waals surface area (Å²) in [4.78, 5) is 33.9. The summed E-state index contributed by atoms with van der Waals surface area (Å²) in [6, 6.07) is 7.24. The van der Waals surface area contributed by atoms with Crippen LogP contribution in [0.2, 0.25) is 0 Å². The minimum absolute atomic E-state index is 0.0814. The second-order valence-electron chi connectivity index (χ2n) is 5.24. The minimum Gasteiger partial charge on any atom is -0.447 e. The van der Waals surface area contributed by atoms with Crippen LogP contribution in [0.1, 0.15) is 17.2 Å². The third-order valence-electron chi connectivity index (χ3n) is 3.65. The summed E-state index contributed by atoms with van der Waals surface area (Å²) in [5.74, 6) is -3.47. The molecular weight excluding hydrogens is 338 g/mol. The number of para-hydroxylation sites is 2. The Morgan fingerprint density at radius 2 is 1.88 bits per heavy atom. The summed E-state index contributed by atoms with van der Waals surface area (Å²) in [5.41, 5.74) is -0.955. The molecule has 1 aliphatic rings. The molecule has 9 heteroatoms. The lowest BCUT2D eigenvalue weighted by Gasteiger charge is -2.11. The number of hydrogen-bond acceptors (Lipinski definition) is 5. The summed E-state index contributed by atoms with van der Waals surface area (Å²) in [7, 11) is 0. The number of nitro benzene ring substituents is 1. The van der Waals surface area contributed by atoms with Gasteiger partial charge in [0, 0.05) is 11.1 Å². The topological polar surface area (TPSA) is 98.5 Å². The zero-order valence-electron chi connectivity index (χ0n) is 12.5. The fourth-order valence-electron chi connectivity index (χ4n) is 2.57. The standard InChI is InChI=1S/C16H10F2N2O5/c17-10-5-2-4-9-13(10)19-16(22)15(9)25-12(21)7-8-3-1-6-11(18)14(8)20(23)24/h1-6,15H,7H2,(H,19,22). The third kappa shape index (κ3) is 3.03. The molecule has 1 heterocycles. The van der Waals surface area contributed by atoms with E-state index in [0.29, 0.717) is 0 Å². The number of ether oxygens (including phenoxy) is 1. The summed E-state index contributed by atoms with van der Waals surface area (Å²) < 4.78 is 32.2. The number of halogens is 2. The van der Waals surface area contributed by atoms with Gasteiger partial charge in [0.05, 0.1) is 17.0 Å². The van der Waals surface area contributed by atoms with Gasteiger partial charge in [0.15, 0.2) is 0 Å². The van der Waals surface area contributed by atoms with Crippen molar-refractivity contribution in [2.45, 2.75) is 12.5 Å². The van der Waals surface area contributed by atoms with Gasteiger partial charge in [-0.05, 0) is 12.1 Å². The fourth-order valence-corrected chi connectivity index (χ4v) is 2.57. The van der Waals surface area contributed by atoms with Crippen LogP contribution in [0.3, 0.4) is 0 Å². The quantitative estimate of drug-likeness (QED) is 0.520. The van der Waals surface area contributed by atoms with Crippen LogP contribution in [-0.4, -0.2) is 16.8 Å². The molecule has 1 atom stereocenters. The van der Waals surface area contributed by atoms with Crippen LogP contribution in [0.5, 0.6) is 0 Å². The highest BCUT2D eigenvalue weighted by molar-refractivity contribution is 6.03. The van der Waals surface area contributed by atoms with Crippen molar-refractivity contribution in [2.24, 2.45) is 0 Å². The van der Waals surface area contributed by atoms with Crippen LogP contribution in [-0.2, 0) is 20.7 Å². The number of hydrogen-bond donors (Lipinski definition) is 1. The van der Waals surface area contributed by atoms with E-state index in [-0.39, 0.29) is 16.8 Å². The van der Waals surface area contributed by atoms with E-state index in [1.165, 1.54) is 24.3 Å². The van der Waals surface area contributed by atoms with Crippen molar-refractivity contribution in [3.63, 3.8) is 0 Å². The molecule has 7 nitrogen and oxygen atoms in total. The number of anilines is 1. The van der Waals surface area contributed by atoms with E-state index in [2.05, 4.69) is 5.32 Å². The van der Waals surface area contributed by atoms with Crippen LogP contribution in [0.25, 0.3) is 0 Å². The molecule has 2 aromatic carbocycles. The van der Waals surface area contributed by atoms with Crippen LogP contribution >= 0.6 is 0 Å². The zero-order chi connectivity index (χ0) is 18.1. The van der Waals surface area contributed by atoms with Gasteiger partial charge >= 0.3 is 11.7 Å². The van der Waals surface area contributed by atoms with Crippen LogP contribution in [0.15, 0.2) is 36.4 Å². The molecule has 0 radical (unpaired) electrons. The predicted molar refractivity (Wildman–Crippen MR) is 80.6 cm³/mol. The number of benzene rings is 2. The van der Waals surface area contributed by atoms with E-state index in [1.54, 1.807) is 0 Å². The van der Waals surface area contributed by atoms with Crippen molar-refractivity contribution >= 4 is 23.3 Å². The van der Waals surface area contributed by atoms with Gasteiger partial charge in [-0.25, -0.2) is 4.39 Å². The molecule has 1 aliphatic heterocycles.